The first-order chi connectivity index (χ1) is 14.8. The first-order valence-electron chi connectivity index (χ1n) is 12.2. The summed E-state index contributed by atoms with van der Waals surface area (Å²) in [6.45, 7) is 5.87. The molecule has 5 N–H and O–H groups in total. The van der Waals surface area contributed by atoms with Crippen molar-refractivity contribution in [3.8, 4) is 0 Å². The Morgan fingerprint density at radius 3 is 1.81 bits per heavy atom. The van der Waals surface area contributed by atoms with Crippen LogP contribution in [0.3, 0.4) is 0 Å². The molecule has 0 heterocycles. The molecule has 0 rings (SSSR count). The van der Waals surface area contributed by atoms with E-state index in [4.69, 9.17) is 16.2 Å². The van der Waals surface area contributed by atoms with Crippen molar-refractivity contribution in [2.24, 2.45) is 11.5 Å². The summed E-state index contributed by atoms with van der Waals surface area (Å²) < 4.78 is 5.00. The second kappa shape index (κ2) is 17.1. The molecule has 31 heavy (non-hydrogen) atoms. The largest absolute Gasteiger partial charge is 0.467 e. The minimum Gasteiger partial charge on any atom is -0.467 e. The highest BCUT2D eigenvalue weighted by molar-refractivity contribution is 6.11. The average Bonchev–Trinajstić information content (AvgIpc) is 2.75. The van der Waals surface area contributed by atoms with Crippen molar-refractivity contribution >= 4 is 17.7 Å². The Bertz CT molecular complexity index is 525. The van der Waals surface area contributed by atoms with Crippen molar-refractivity contribution in [3.05, 3.63) is 0 Å². The molecular formula is C24H47N3O4. The molecule has 0 aromatic carbocycles. The zero-order chi connectivity index (χ0) is 23.7. The van der Waals surface area contributed by atoms with E-state index >= 15 is 0 Å². The Kier molecular flexibility index (Phi) is 16.3. The number of esters is 1. The van der Waals surface area contributed by atoms with Crippen LogP contribution in [0.5, 0.6) is 0 Å². The van der Waals surface area contributed by atoms with E-state index < -0.39 is 35.3 Å². The van der Waals surface area contributed by atoms with Crippen LogP contribution in [-0.2, 0) is 19.1 Å². The Balaban J connectivity index is 5.33. The summed E-state index contributed by atoms with van der Waals surface area (Å²) in [5.74, 6) is -1.72. The summed E-state index contributed by atoms with van der Waals surface area (Å²) in [6.07, 6.45) is 13.2. The van der Waals surface area contributed by atoms with Crippen LogP contribution in [-0.4, -0.2) is 42.4 Å². The highest BCUT2D eigenvalue weighted by atomic mass is 16.5. The number of nitrogens with one attached hydrogen (secondary N) is 1. The van der Waals surface area contributed by atoms with Crippen molar-refractivity contribution in [2.45, 2.75) is 128 Å². The lowest BCUT2D eigenvalue weighted by atomic mass is 9.83. The van der Waals surface area contributed by atoms with Gasteiger partial charge in [0, 0.05) is 0 Å². The van der Waals surface area contributed by atoms with E-state index in [0.717, 1.165) is 44.9 Å². The maximum Gasteiger partial charge on any atom is 0.333 e. The molecule has 0 spiro atoms. The van der Waals surface area contributed by atoms with Gasteiger partial charge in [-0.2, -0.15) is 0 Å². The second-order valence-corrected chi connectivity index (χ2v) is 8.72. The number of rotatable bonds is 20. The number of Topliss-reactive ketones (excluding diaryl/α,β-unsaturated/α-hetero) is 1. The zero-order valence-corrected chi connectivity index (χ0v) is 20.3. The Hall–Kier alpha value is -1.47. The third kappa shape index (κ3) is 11.1. The molecule has 7 nitrogen and oxygen atoms in total. The highest BCUT2D eigenvalue weighted by Gasteiger charge is 2.49. The van der Waals surface area contributed by atoms with E-state index in [9.17, 15) is 14.4 Å². The van der Waals surface area contributed by atoms with Crippen LogP contribution in [0.15, 0.2) is 0 Å². The highest BCUT2D eigenvalue weighted by Crippen LogP contribution is 2.23. The lowest BCUT2D eigenvalue weighted by molar-refractivity contribution is -0.155. The molecule has 7 heteroatoms. The molecule has 0 radical (unpaired) electrons. The fourth-order valence-corrected chi connectivity index (χ4v) is 3.97. The number of carbonyl (C=O) groups is 3. The Morgan fingerprint density at radius 1 is 0.871 bits per heavy atom. The maximum atomic E-state index is 13.1. The summed E-state index contributed by atoms with van der Waals surface area (Å²) in [5, 5.41) is 3.02. The van der Waals surface area contributed by atoms with Gasteiger partial charge in [-0.1, -0.05) is 90.9 Å². The fourth-order valence-electron chi connectivity index (χ4n) is 3.97. The monoisotopic (exact) mass is 441 g/mol. The van der Waals surface area contributed by atoms with Gasteiger partial charge in [-0.25, -0.2) is 4.79 Å². The lowest BCUT2D eigenvalue weighted by Crippen LogP contribution is -2.66. The molecule has 0 saturated carbocycles. The van der Waals surface area contributed by atoms with Gasteiger partial charge in [0.05, 0.1) is 19.2 Å². The van der Waals surface area contributed by atoms with Crippen LogP contribution in [0.4, 0.5) is 0 Å². The van der Waals surface area contributed by atoms with Gasteiger partial charge in [0.15, 0.2) is 11.3 Å². The topological polar surface area (TPSA) is 125 Å². The van der Waals surface area contributed by atoms with Crippen LogP contribution >= 0.6 is 0 Å². The van der Waals surface area contributed by atoms with Gasteiger partial charge in [-0.3, -0.25) is 14.9 Å². The smallest absolute Gasteiger partial charge is 0.333 e. The predicted octanol–water partition coefficient (Wildman–Crippen LogP) is 3.76. The average molecular weight is 442 g/mol. The molecule has 0 fully saturated rings. The van der Waals surface area contributed by atoms with Crippen LogP contribution in [0, 0.1) is 0 Å². The van der Waals surface area contributed by atoms with E-state index in [0.29, 0.717) is 12.8 Å². The van der Waals surface area contributed by atoms with Gasteiger partial charge in [0.1, 0.15) is 0 Å². The van der Waals surface area contributed by atoms with E-state index in [1.54, 1.807) is 6.92 Å². The SMILES string of the molecule is CCCCCCCCC(NC(CCCCCCCC)(C(=O)OC)C(=O)[C@H](C)N)C(N)=O. The zero-order valence-electron chi connectivity index (χ0n) is 20.3. The Morgan fingerprint density at radius 2 is 1.35 bits per heavy atom. The number of methoxy groups -OCH3 is 1. The molecule has 0 aliphatic heterocycles. The molecule has 0 saturated heterocycles. The minimum atomic E-state index is -1.64. The van der Waals surface area contributed by atoms with Gasteiger partial charge >= 0.3 is 5.97 Å². The van der Waals surface area contributed by atoms with E-state index in [-0.39, 0.29) is 6.42 Å². The molecular weight excluding hydrogens is 394 g/mol. The van der Waals surface area contributed by atoms with Gasteiger partial charge in [-0.05, 0) is 19.8 Å². The van der Waals surface area contributed by atoms with Crippen LogP contribution in [0.25, 0.3) is 0 Å². The third-order valence-corrected chi connectivity index (χ3v) is 5.88. The predicted molar refractivity (Wildman–Crippen MR) is 126 cm³/mol. The van der Waals surface area contributed by atoms with Gasteiger partial charge < -0.3 is 16.2 Å². The number of hydrogen-bond donors (Lipinski definition) is 3. The first kappa shape index (κ1) is 29.5. The molecule has 3 atom stereocenters. The van der Waals surface area contributed by atoms with Crippen molar-refractivity contribution in [1.29, 1.82) is 0 Å². The molecule has 1 amide bonds. The Labute approximate surface area is 189 Å². The van der Waals surface area contributed by atoms with Crippen molar-refractivity contribution in [2.75, 3.05) is 7.11 Å². The third-order valence-electron chi connectivity index (χ3n) is 5.88. The number of ether oxygens (including phenoxy) is 1. The van der Waals surface area contributed by atoms with Crippen LogP contribution in [0.2, 0.25) is 0 Å². The summed E-state index contributed by atoms with van der Waals surface area (Å²) in [6, 6.07) is -1.65. The number of carbonyl (C=O) groups excluding carboxylic acids is 3. The lowest BCUT2D eigenvalue weighted by Gasteiger charge is -2.35. The molecule has 0 bridgehead atoms. The van der Waals surface area contributed by atoms with Crippen molar-refractivity contribution < 1.29 is 19.1 Å². The standard InChI is InChI=1S/C24H47N3O4/c1-5-7-9-11-13-15-17-20(22(26)29)27-24(23(30)31-4,21(28)19(3)25)18-16-14-12-10-8-6-2/h19-20,27H,5-18,25H2,1-4H3,(H2,26,29)/t19-,20?,24?/m0/s1. The summed E-state index contributed by atoms with van der Waals surface area (Å²) in [4.78, 5) is 38.1. The quantitative estimate of drug-likeness (QED) is 0.150. The summed E-state index contributed by atoms with van der Waals surface area (Å²) in [7, 11) is 1.25. The minimum absolute atomic E-state index is 0.243. The molecule has 0 aromatic heterocycles. The summed E-state index contributed by atoms with van der Waals surface area (Å²) in [5.41, 5.74) is 9.89. The van der Waals surface area contributed by atoms with Gasteiger partial charge in [-0.15, -0.1) is 0 Å². The molecule has 0 aromatic rings. The molecule has 2 unspecified atom stereocenters. The van der Waals surface area contributed by atoms with Crippen molar-refractivity contribution in [1.82, 2.24) is 5.32 Å². The van der Waals surface area contributed by atoms with E-state index in [2.05, 4.69) is 19.2 Å². The number of amides is 1. The van der Waals surface area contributed by atoms with Crippen LogP contribution < -0.4 is 16.8 Å². The normalized spacial score (nSPS) is 15.1. The van der Waals surface area contributed by atoms with E-state index in [1.165, 1.54) is 32.8 Å². The van der Waals surface area contributed by atoms with Crippen molar-refractivity contribution in [3.63, 3.8) is 0 Å². The number of primary amides is 1. The van der Waals surface area contributed by atoms with Gasteiger partial charge in [0.25, 0.3) is 0 Å². The fraction of sp³-hybridized carbons (Fsp3) is 0.875. The number of hydrogen-bond acceptors (Lipinski definition) is 6. The molecule has 0 aliphatic rings. The summed E-state index contributed by atoms with van der Waals surface area (Å²) >= 11 is 0. The van der Waals surface area contributed by atoms with Crippen LogP contribution in [0.1, 0.15) is 111 Å². The number of nitrogens with two attached hydrogens (primary N) is 2. The van der Waals surface area contributed by atoms with Gasteiger partial charge in [0.2, 0.25) is 5.91 Å². The number of unbranched alkanes of at least 4 members (excludes halogenated alkanes) is 10. The first-order valence-corrected chi connectivity index (χ1v) is 12.2. The molecule has 0 aliphatic carbocycles. The maximum absolute atomic E-state index is 13.1. The molecule has 182 valence electrons. The number of ketones is 1. The van der Waals surface area contributed by atoms with E-state index in [1.807, 2.05) is 0 Å². The second-order valence-electron chi connectivity index (χ2n) is 8.72.